The summed E-state index contributed by atoms with van der Waals surface area (Å²) in [5.41, 5.74) is 0. The van der Waals surface area contributed by atoms with E-state index in [1.807, 2.05) is 6.92 Å². The van der Waals surface area contributed by atoms with Crippen LogP contribution in [0.25, 0.3) is 0 Å². The maximum atomic E-state index is 12.2. The quantitative estimate of drug-likeness (QED) is 0.665. The van der Waals surface area contributed by atoms with Gasteiger partial charge in [0.1, 0.15) is 12.4 Å². The summed E-state index contributed by atoms with van der Waals surface area (Å²) in [6, 6.07) is 0. The molecule has 8 heteroatoms. The van der Waals surface area contributed by atoms with Crippen LogP contribution in [0.4, 0.5) is 20.4 Å². The number of hydrogen-bond acceptors (Lipinski definition) is 6. The largest absolute Gasteiger partial charge is 0.490 e. The normalized spacial score (nSPS) is 12.3. The molecule has 0 aromatic carbocycles. The number of aliphatic hydroxyl groups is 1. The number of aliphatic hydroxyl groups excluding tert-OH is 1. The van der Waals surface area contributed by atoms with Crippen molar-refractivity contribution in [2.45, 2.75) is 25.9 Å². The number of alkyl halides is 2. The first-order valence-corrected chi connectivity index (χ1v) is 5.93. The fourth-order valence-corrected chi connectivity index (χ4v) is 1.35. The molecule has 0 fully saturated rings. The molecule has 0 spiro atoms. The van der Waals surface area contributed by atoms with Crippen LogP contribution < -0.4 is 15.4 Å². The van der Waals surface area contributed by atoms with Gasteiger partial charge in [-0.3, -0.25) is 0 Å². The summed E-state index contributed by atoms with van der Waals surface area (Å²) in [4.78, 5) is 7.92. The lowest BCUT2D eigenvalue weighted by atomic mass is 10.3. The van der Waals surface area contributed by atoms with E-state index in [9.17, 15) is 8.78 Å². The van der Waals surface area contributed by atoms with Gasteiger partial charge in [0.2, 0.25) is 5.75 Å². The second-order valence-electron chi connectivity index (χ2n) is 3.81. The summed E-state index contributed by atoms with van der Waals surface area (Å²) in [5, 5.41) is 14.7. The minimum absolute atomic E-state index is 0.260. The van der Waals surface area contributed by atoms with E-state index in [0.29, 0.717) is 18.1 Å². The molecule has 0 aliphatic rings. The van der Waals surface area contributed by atoms with Gasteiger partial charge in [-0.2, -0.15) is 0 Å². The topological polar surface area (TPSA) is 79.3 Å². The molecule has 1 unspecified atom stereocenters. The molecule has 1 rings (SSSR count). The van der Waals surface area contributed by atoms with Gasteiger partial charge in [-0.1, -0.05) is 6.92 Å². The van der Waals surface area contributed by atoms with Crippen LogP contribution in [0.3, 0.4) is 0 Å². The summed E-state index contributed by atoms with van der Waals surface area (Å²) in [5.74, 6) is 1.07. The van der Waals surface area contributed by atoms with Crippen LogP contribution in [-0.4, -0.2) is 47.8 Å². The summed E-state index contributed by atoms with van der Waals surface area (Å²) in [6.07, 6.45) is -2.37. The number of nitrogens with one attached hydrogen (secondary N) is 2. The molecule has 1 aromatic heterocycles. The molecule has 0 aliphatic carbocycles. The van der Waals surface area contributed by atoms with Crippen molar-refractivity contribution in [3.05, 3.63) is 6.33 Å². The molecule has 19 heavy (non-hydrogen) atoms. The maximum absolute atomic E-state index is 12.2. The van der Waals surface area contributed by atoms with E-state index in [1.54, 1.807) is 0 Å². The second-order valence-corrected chi connectivity index (χ2v) is 3.81. The second kappa shape index (κ2) is 7.67. The predicted octanol–water partition coefficient (Wildman–Crippen LogP) is 1.34. The zero-order valence-corrected chi connectivity index (χ0v) is 10.9. The number of nitrogens with zero attached hydrogens (tertiary/aromatic N) is 2. The first-order chi connectivity index (χ1) is 9.10. The SMILES string of the molecule is CCCNc1ncnc(NCC(O)C(F)F)c1OC. The van der Waals surface area contributed by atoms with Crippen LogP contribution in [0.5, 0.6) is 5.75 Å². The van der Waals surface area contributed by atoms with Crippen LogP contribution in [0.1, 0.15) is 13.3 Å². The van der Waals surface area contributed by atoms with Gasteiger partial charge < -0.3 is 20.5 Å². The number of hydrogen-bond donors (Lipinski definition) is 3. The fraction of sp³-hybridized carbons (Fsp3) is 0.636. The Morgan fingerprint density at radius 1 is 1.32 bits per heavy atom. The molecule has 0 bridgehead atoms. The van der Waals surface area contributed by atoms with Crippen molar-refractivity contribution in [1.29, 1.82) is 0 Å². The third-order valence-electron chi connectivity index (χ3n) is 2.32. The molecule has 0 aliphatic heterocycles. The Morgan fingerprint density at radius 2 is 1.95 bits per heavy atom. The lowest BCUT2D eigenvalue weighted by Gasteiger charge is -2.15. The molecular weight excluding hydrogens is 258 g/mol. The highest BCUT2D eigenvalue weighted by atomic mass is 19.3. The number of anilines is 2. The van der Waals surface area contributed by atoms with E-state index in [1.165, 1.54) is 13.4 Å². The van der Waals surface area contributed by atoms with E-state index in [4.69, 9.17) is 9.84 Å². The van der Waals surface area contributed by atoms with Crippen molar-refractivity contribution < 1.29 is 18.6 Å². The first-order valence-electron chi connectivity index (χ1n) is 5.93. The monoisotopic (exact) mass is 276 g/mol. The average molecular weight is 276 g/mol. The minimum Gasteiger partial charge on any atom is -0.490 e. The van der Waals surface area contributed by atoms with Crippen LogP contribution in [0.15, 0.2) is 6.33 Å². The third-order valence-corrected chi connectivity index (χ3v) is 2.32. The number of rotatable bonds is 8. The van der Waals surface area contributed by atoms with Gasteiger partial charge in [-0.25, -0.2) is 18.7 Å². The molecule has 3 N–H and O–H groups in total. The molecular formula is C11H18F2N4O2. The van der Waals surface area contributed by atoms with Crippen LogP contribution in [-0.2, 0) is 0 Å². The molecule has 1 atom stereocenters. The Kier molecular flexibility index (Phi) is 6.20. The first kappa shape index (κ1) is 15.4. The number of ether oxygens (including phenoxy) is 1. The van der Waals surface area contributed by atoms with Gasteiger partial charge in [-0.15, -0.1) is 0 Å². The molecule has 108 valence electrons. The highest BCUT2D eigenvalue weighted by Gasteiger charge is 2.18. The molecule has 0 amide bonds. The van der Waals surface area contributed by atoms with E-state index < -0.39 is 12.5 Å². The molecule has 1 heterocycles. The Balaban J connectivity index is 2.76. The Bertz CT molecular complexity index is 393. The smallest absolute Gasteiger partial charge is 0.265 e. The Hall–Kier alpha value is -1.70. The van der Waals surface area contributed by atoms with Gasteiger partial charge in [0, 0.05) is 13.1 Å². The van der Waals surface area contributed by atoms with Crippen molar-refractivity contribution in [3.63, 3.8) is 0 Å². The molecule has 0 radical (unpaired) electrons. The van der Waals surface area contributed by atoms with Crippen molar-refractivity contribution in [1.82, 2.24) is 9.97 Å². The zero-order chi connectivity index (χ0) is 14.3. The summed E-state index contributed by atoms with van der Waals surface area (Å²) < 4.78 is 29.5. The third kappa shape index (κ3) is 4.47. The van der Waals surface area contributed by atoms with Crippen molar-refractivity contribution in [2.75, 3.05) is 30.8 Å². The lowest BCUT2D eigenvalue weighted by molar-refractivity contribution is 0.00378. The van der Waals surface area contributed by atoms with Gasteiger partial charge in [0.25, 0.3) is 6.43 Å². The average Bonchev–Trinajstić information content (AvgIpc) is 2.41. The number of methoxy groups -OCH3 is 1. The molecule has 0 saturated heterocycles. The molecule has 1 aromatic rings. The van der Waals surface area contributed by atoms with Crippen LogP contribution >= 0.6 is 0 Å². The fourth-order valence-electron chi connectivity index (χ4n) is 1.35. The predicted molar refractivity (Wildman–Crippen MR) is 67.9 cm³/mol. The van der Waals surface area contributed by atoms with Gasteiger partial charge in [0.05, 0.1) is 7.11 Å². The maximum Gasteiger partial charge on any atom is 0.265 e. The van der Waals surface area contributed by atoms with Crippen LogP contribution in [0.2, 0.25) is 0 Å². The number of halogens is 2. The van der Waals surface area contributed by atoms with Crippen molar-refractivity contribution in [2.24, 2.45) is 0 Å². The number of aromatic nitrogens is 2. The lowest BCUT2D eigenvalue weighted by Crippen LogP contribution is -2.27. The van der Waals surface area contributed by atoms with Gasteiger partial charge in [0.15, 0.2) is 11.6 Å². The van der Waals surface area contributed by atoms with E-state index in [2.05, 4.69) is 20.6 Å². The standard InChI is InChI=1S/C11H18F2N4O2/c1-3-4-14-10-8(19-2)11(17-6-16-10)15-5-7(18)9(12)13/h6-7,9,18H,3-5H2,1-2H3,(H2,14,15,16,17). The van der Waals surface area contributed by atoms with E-state index in [-0.39, 0.29) is 12.4 Å². The highest BCUT2D eigenvalue weighted by molar-refractivity contribution is 5.63. The zero-order valence-electron chi connectivity index (χ0n) is 10.9. The minimum atomic E-state index is -2.81. The Morgan fingerprint density at radius 3 is 2.47 bits per heavy atom. The van der Waals surface area contributed by atoms with E-state index in [0.717, 1.165) is 6.42 Å². The molecule has 6 nitrogen and oxygen atoms in total. The summed E-state index contributed by atoms with van der Waals surface area (Å²) in [7, 11) is 1.44. The van der Waals surface area contributed by atoms with Crippen LogP contribution in [0, 0.1) is 0 Å². The van der Waals surface area contributed by atoms with Crippen molar-refractivity contribution in [3.8, 4) is 5.75 Å². The van der Waals surface area contributed by atoms with E-state index >= 15 is 0 Å². The van der Waals surface area contributed by atoms with Gasteiger partial charge >= 0.3 is 0 Å². The summed E-state index contributed by atoms with van der Waals surface area (Å²) in [6.45, 7) is 2.38. The summed E-state index contributed by atoms with van der Waals surface area (Å²) >= 11 is 0. The van der Waals surface area contributed by atoms with Crippen molar-refractivity contribution >= 4 is 11.6 Å². The molecule has 0 saturated carbocycles. The van der Waals surface area contributed by atoms with Gasteiger partial charge in [-0.05, 0) is 6.42 Å². The highest BCUT2D eigenvalue weighted by Crippen LogP contribution is 2.28. The Labute approximate surface area is 110 Å².